The average molecular weight is 252 g/mol. The first-order valence-corrected chi connectivity index (χ1v) is 4.42. The maximum absolute atomic E-state index is 11.9. The van der Waals surface area contributed by atoms with Gasteiger partial charge in [0.15, 0.2) is 0 Å². The molecule has 0 saturated carbocycles. The quantitative estimate of drug-likeness (QED) is 0.818. The van der Waals surface area contributed by atoms with Gasteiger partial charge < -0.3 is 10.5 Å². The van der Waals surface area contributed by atoms with E-state index in [1.165, 1.54) is 0 Å². The number of hydrogen-bond donors (Lipinski definition) is 1. The number of halogens is 4. The van der Waals surface area contributed by atoms with Gasteiger partial charge >= 0.3 is 6.36 Å². The highest BCUT2D eigenvalue weighted by molar-refractivity contribution is 6.17. The maximum atomic E-state index is 11.9. The zero-order valence-electron chi connectivity index (χ0n) is 7.68. The fourth-order valence-electron chi connectivity index (χ4n) is 0.990. The minimum absolute atomic E-state index is 0.0514. The van der Waals surface area contributed by atoms with Crippen molar-refractivity contribution in [2.24, 2.45) is 0 Å². The van der Waals surface area contributed by atoms with Gasteiger partial charge in [-0.3, -0.25) is 0 Å². The topological polar surface area (TPSA) is 71.9 Å². The Labute approximate surface area is 93.4 Å². The van der Waals surface area contributed by atoms with Crippen LogP contribution in [0.1, 0.15) is 11.3 Å². The molecule has 16 heavy (non-hydrogen) atoms. The van der Waals surface area contributed by atoms with Gasteiger partial charge in [-0.25, -0.2) is 4.98 Å². The molecule has 1 aromatic heterocycles. The molecule has 4 nitrogen and oxygen atoms in total. The molecule has 1 rings (SSSR count). The monoisotopic (exact) mass is 251 g/mol. The maximum Gasteiger partial charge on any atom is 0.574 e. The van der Waals surface area contributed by atoms with Crippen LogP contribution in [0.15, 0.2) is 6.07 Å². The Morgan fingerprint density at radius 1 is 1.56 bits per heavy atom. The van der Waals surface area contributed by atoms with E-state index in [1.54, 1.807) is 6.07 Å². The van der Waals surface area contributed by atoms with Crippen molar-refractivity contribution in [2.75, 3.05) is 5.73 Å². The average Bonchev–Trinajstić information content (AvgIpc) is 2.14. The van der Waals surface area contributed by atoms with Crippen molar-refractivity contribution in [3.05, 3.63) is 17.3 Å². The zero-order chi connectivity index (χ0) is 12.3. The van der Waals surface area contributed by atoms with Crippen LogP contribution in [0.2, 0.25) is 0 Å². The number of alkyl halides is 4. The van der Waals surface area contributed by atoms with Crippen molar-refractivity contribution in [3.63, 3.8) is 0 Å². The Morgan fingerprint density at radius 3 is 2.62 bits per heavy atom. The van der Waals surface area contributed by atoms with Gasteiger partial charge in [-0.05, 0) is 0 Å². The zero-order valence-corrected chi connectivity index (χ0v) is 8.43. The third kappa shape index (κ3) is 2.90. The van der Waals surface area contributed by atoms with Gasteiger partial charge in [0.05, 0.1) is 22.8 Å². The SMILES string of the molecule is N#Cc1c(N)cc(OC(F)(F)F)nc1CCl. The van der Waals surface area contributed by atoms with E-state index in [-0.39, 0.29) is 22.8 Å². The number of anilines is 1. The molecule has 1 heterocycles. The lowest BCUT2D eigenvalue weighted by Crippen LogP contribution is -2.18. The van der Waals surface area contributed by atoms with Gasteiger partial charge in [0.1, 0.15) is 6.07 Å². The van der Waals surface area contributed by atoms with Crippen molar-refractivity contribution in [1.29, 1.82) is 5.26 Å². The molecule has 2 N–H and O–H groups in total. The molecular weight excluding hydrogens is 247 g/mol. The van der Waals surface area contributed by atoms with E-state index in [1.807, 2.05) is 0 Å². The molecule has 86 valence electrons. The van der Waals surface area contributed by atoms with Crippen LogP contribution < -0.4 is 10.5 Å². The first kappa shape index (κ1) is 12.4. The molecule has 0 aromatic carbocycles. The van der Waals surface area contributed by atoms with Crippen LogP contribution in [0, 0.1) is 11.3 Å². The molecular formula is C8H5ClF3N3O. The third-order valence-electron chi connectivity index (χ3n) is 1.56. The molecule has 0 radical (unpaired) electrons. The van der Waals surface area contributed by atoms with Gasteiger partial charge in [-0.15, -0.1) is 24.8 Å². The molecule has 0 aliphatic heterocycles. The molecule has 0 aliphatic rings. The number of aromatic nitrogens is 1. The second-order valence-electron chi connectivity index (χ2n) is 2.66. The number of hydrogen-bond acceptors (Lipinski definition) is 4. The molecule has 0 amide bonds. The summed E-state index contributed by atoms with van der Waals surface area (Å²) in [6.07, 6.45) is -4.86. The van der Waals surface area contributed by atoms with E-state index in [0.717, 1.165) is 6.07 Å². The second kappa shape index (κ2) is 4.45. The summed E-state index contributed by atoms with van der Waals surface area (Å²) in [6, 6.07) is 2.52. The van der Waals surface area contributed by atoms with Gasteiger partial charge in [-0.2, -0.15) is 5.26 Å². The van der Waals surface area contributed by atoms with E-state index in [0.29, 0.717) is 0 Å². The van der Waals surface area contributed by atoms with E-state index in [4.69, 9.17) is 22.6 Å². The molecule has 8 heteroatoms. The largest absolute Gasteiger partial charge is 0.574 e. The number of nitriles is 1. The van der Waals surface area contributed by atoms with Crippen LogP contribution in [-0.2, 0) is 5.88 Å². The van der Waals surface area contributed by atoms with Crippen molar-refractivity contribution < 1.29 is 17.9 Å². The van der Waals surface area contributed by atoms with Gasteiger partial charge in [0.25, 0.3) is 0 Å². The van der Waals surface area contributed by atoms with E-state index >= 15 is 0 Å². The van der Waals surface area contributed by atoms with Crippen LogP contribution in [-0.4, -0.2) is 11.3 Å². The Kier molecular flexibility index (Phi) is 3.44. The van der Waals surface area contributed by atoms with Gasteiger partial charge in [-0.1, -0.05) is 0 Å². The minimum atomic E-state index is -4.86. The summed E-state index contributed by atoms with van der Waals surface area (Å²) in [4.78, 5) is 3.43. The summed E-state index contributed by atoms with van der Waals surface area (Å²) < 4.78 is 39.2. The highest BCUT2D eigenvalue weighted by Crippen LogP contribution is 2.26. The first-order valence-electron chi connectivity index (χ1n) is 3.88. The van der Waals surface area contributed by atoms with Crippen molar-refractivity contribution in [1.82, 2.24) is 4.98 Å². The standard InChI is InChI=1S/C8H5ClF3N3O/c9-2-6-4(3-13)5(14)1-7(15-6)16-8(10,11)12/h1H,2H2,(H2,14,15). The lowest BCUT2D eigenvalue weighted by molar-refractivity contribution is -0.276. The summed E-state index contributed by atoms with van der Waals surface area (Å²) in [5, 5.41) is 8.66. The highest BCUT2D eigenvalue weighted by atomic mass is 35.5. The summed E-state index contributed by atoms with van der Waals surface area (Å²) in [6.45, 7) is 0. The van der Waals surface area contributed by atoms with Crippen LogP contribution >= 0.6 is 11.6 Å². The second-order valence-corrected chi connectivity index (χ2v) is 2.93. The predicted molar refractivity (Wildman–Crippen MR) is 49.6 cm³/mol. The highest BCUT2D eigenvalue weighted by Gasteiger charge is 2.32. The summed E-state index contributed by atoms with van der Waals surface area (Å²) in [5.74, 6) is -0.970. The summed E-state index contributed by atoms with van der Waals surface area (Å²) >= 11 is 5.42. The number of nitrogen functional groups attached to an aromatic ring is 1. The smallest absolute Gasteiger partial charge is 0.397 e. The fourth-order valence-corrected chi connectivity index (χ4v) is 1.18. The first-order chi connectivity index (χ1) is 7.37. The lowest BCUT2D eigenvalue weighted by atomic mass is 10.2. The molecule has 0 atom stereocenters. The number of rotatable bonds is 2. The van der Waals surface area contributed by atoms with Crippen LogP contribution in [0.3, 0.4) is 0 Å². The van der Waals surface area contributed by atoms with Crippen LogP contribution in [0.25, 0.3) is 0 Å². The normalized spacial score (nSPS) is 10.9. The summed E-state index contributed by atoms with van der Waals surface area (Å²) in [5.41, 5.74) is 5.10. The van der Waals surface area contributed by atoms with Crippen molar-refractivity contribution >= 4 is 17.3 Å². The number of nitrogens with zero attached hydrogens (tertiary/aromatic N) is 2. The van der Waals surface area contributed by atoms with Gasteiger partial charge in [0.2, 0.25) is 5.88 Å². The predicted octanol–water partition coefficient (Wildman–Crippen LogP) is 2.17. The van der Waals surface area contributed by atoms with Gasteiger partial charge in [0, 0.05) is 6.07 Å². The Balaban J connectivity index is 3.17. The molecule has 0 bridgehead atoms. The van der Waals surface area contributed by atoms with E-state index < -0.39 is 12.2 Å². The van der Waals surface area contributed by atoms with Crippen LogP contribution in [0.4, 0.5) is 18.9 Å². The number of pyridine rings is 1. The van der Waals surface area contributed by atoms with Crippen molar-refractivity contribution in [2.45, 2.75) is 12.2 Å². The van der Waals surface area contributed by atoms with E-state index in [9.17, 15) is 13.2 Å². The molecule has 1 aromatic rings. The van der Waals surface area contributed by atoms with Crippen LogP contribution in [0.5, 0.6) is 5.88 Å². The van der Waals surface area contributed by atoms with E-state index in [2.05, 4.69) is 9.72 Å². The molecule has 0 fully saturated rings. The molecule has 0 unspecified atom stereocenters. The molecule has 0 saturated heterocycles. The molecule has 0 spiro atoms. The lowest BCUT2D eigenvalue weighted by Gasteiger charge is -2.10. The number of nitrogens with two attached hydrogens (primary N) is 1. The summed E-state index contributed by atoms with van der Waals surface area (Å²) in [7, 11) is 0. The Morgan fingerprint density at radius 2 is 2.19 bits per heavy atom. The van der Waals surface area contributed by atoms with Crippen molar-refractivity contribution in [3.8, 4) is 11.9 Å². The Bertz CT molecular complexity index is 441. The number of ether oxygens (including phenoxy) is 1. The fraction of sp³-hybridized carbons (Fsp3) is 0.250. The Hall–Kier alpha value is -1.68. The third-order valence-corrected chi connectivity index (χ3v) is 1.81. The molecule has 0 aliphatic carbocycles. The minimum Gasteiger partial charge on any atom is -0.397 e.